The molecule has 2 N–H and O–H groups in total. The molecule has 0 bridgehead atoms. The van der Waals surface area contributed by atoms with Crippen molar-refractivity contribution in [3.8, 4) is 0 Å². The van der Waals surface area contributed by atoms with Gasteiger partial charge in [0.05, 0.1) is 0 Å². The first-order valence-corrected chi connectivity index (χ1v) is 8.34. The fourth-order valence-corrected chi connectivity index (χ4v) is 3.97. The molecule has 0 amide bonds. The Morgan fingerprint density at radius 2 is 2.22 bits per heavy atom. The van der Waals surface area contributed by atoms with Crippen LogP contribution >= 0.6 is 27.7 Å². The molecule has 1 aliphatic rings. The van der Waals surface area contributed by atoms with Crippen molar-refractivity contribution in [3.05, 3.63) is 28.2 Å². The van der Waals surface area contributed by atoms with Gasteiger partial charge in [-0.05, 0) is 43.7 Å². The monoisotopic (exact) mass is 328 g/mol. The van der Waals surface area contributed by atoms with E-state index in [1.54, 1.807) is 0 Å². The van der Waals surface area contributed by atoms with Crippen LogP contribution in [0.15, 0.2) is 22.7 Å². The lowest BCUT2D eigenvalue weighted by atomic mass is 10.1. The van der Waals surface area contributed by atoms with E-state index in [4.69, 9.17) is 5.73 Å². The van der Waals surface area contributed by atoms with Crippen LogP contribution < -0.4 is 10.6 Å². The highest BCUT2D eigenvalue weighted by atomic mass is 79.9. The SMILES string of the molecule is CC1SCCN(c2ccc(Br)cc2CCN)C1C. The van der Waals surface area contributed by atoms with Crippen LogP contribution in [0.25, 0.3) is 0 Å². The van der Waals surface area contributed by atoms with Gasteiger partial charge in [-0.3, -0.25) is 0 Å². The van der Waals surface area contributed by atoms with Crippen LogP contribution in [0, 0.1) is 0 Å². The van der Waals surface area contributed by atoms with Gasteiger partial charge in [-0.25, -0.2) is 0 Å². The molecule has 2 nitrogen and oxygen atoms in total. The molecule has 2 atom stereocenters. The summed E-state index contributed by atoms with van der Waals surface area (Å²) in [6.07, 6.45) is 0.944. The standard InChI is InChI=1S/C14H21BrN2S/c1-10-11(2)18-8-7-17(10)14-4-3-13(15)9-12(14)5-6-16/h3-4,9-11H,5-8,16H2,1-2H3. The lowest BCUT2D eigenvalue weighted by molar-refractivity contribution is 0.624. The van der Waals surface area contributed by atoms with E-state index in [0.717, 1.165) is 17.4 Å². The summed E-state index contributed by atoms with van der Waals surface area (Å²) in [5.74, 6) is 1.21. The van der Waals surface area contributed by atoms with Gasteiger partial charge in [0.15, 0.2) is 0 Å². The molecule has 0 aliphatic carbocycles. The van der Waals surface area contributed by atoms with Gasteiger partial charge in [0.25, 0.3) is 0 Å². The maximum atomic E-state index is 5.73. The molecule has 0 saturated carbocycles. The van der Waals surface area contributed by atoms with E-state index in [2.05, 4.69) is 64.6 Å². The predicted octanol–water partition coefficient (Wildman–Crippen LogP) is 3.28. The van der Waals surface area contributed by atoms with Crippen molar-refractivity contribution < 1.29 is 0 Å². The molecule has 1 saturated heterocycles. The summed E-state index contributed by atoms with van der Waals surface area (Å²) < 4.78 is 1.14. The molecule has 4 heteroatoms. The van der Waals surface area contributed by atoms with E-state index < -0.39 is 0 Å². The van der Waals surface area contributed by atoms with Crippen molar-refractivity contribution >= 4 is 33.4 Å². The van der Waals surface area contributed by atoms with Gasteiger partial charge in [0.1, 0.15) is 0 Å². The van der Waals surface area contributed by atoms with Crippen LogP contribution in [-0.4, -0.2) is 30.1 Å². The second-order valence-corrected chi connectivity index (χ2v) is 7.22. The third-order valence-electron chi connectivity index (χ3n) is 3.65. The van der Waals surface area contributed by atoms with Crippen molar-refractivity contribution in [1.82, 2.24) is 0 Å². The number of hydrogen-bond donors (Lipinski definition) is 1. The Hall–Kier alpha value is -0.190. The smallest absolute Gasteiger partial charge is 0.0403 e. The molecule has 0 aromatic heterocycles. The highest BCUT2D eigenvalue weighted by molar-refractivity contribution is 9.10. The largest absolute Gasteiger partial charge is 0.367 e. The number of hydrogen-bond acceptors (Lipinski definition) is 3. The maximum Gasteiger partial charge on any atom is 0.0403 e. The summed E-state index contributed by atoms with van der Waals surface area (Å²) in [6, 6.07) is 7.16. The third kappa shape index (κ3) is 3.03. The van der Waals surface area contributed by atoms with Gasteiger partial charge in [-0.15, -0.1) is 0 Å². The van der Waals surface area contributed by atoms with Gasteiger partial charge in [-0.1, -0.05) is 22.9 Å². The molecule has 0 radical (unpaired) electrons. The lowest BCUT2D eigenvalue weighted by Crippen LogP contribution is -2.45. The zero-order valence-corrected chi connectivity index (χ0v) is 13.4. The summed E-state index contributed by atoms with van der Waals surface area (Å²) in [5.41, 5.74) is 8.46. The third-order valence-corrected chi connectivity index (χ3v) is 5.48. The number of rotatable bonds is 3. The quantitative estimate of drug-likeness (QED) is 0.923. The Kier molecular flexibility index (Phi) is 4.98. The first-order valence-electron chi connectivity index (χ1n) is 6.50. The Balaban J connectivity index is 2.31. The molecule has 1 aliphatic heterocycles. The fraction of sp³-hybridized carbons (Fsp3) is 0.571. The van der Waals surface area contributed by atoms with E-state index in [9.17, 15) is 0 Å². The summed E-state index contributed by atoms with van der Waals surface area (Å²) in [7, 11) is 0. The van der Waals surface area contributed by atoms with E-state index in [-0.39, 0.29) is 0 Å². The number of nitrogens with zero attached hydrogens (tertiary/aromatic N) is 1. The normalized spacial score (nSPS) is 24.3. The minimum Gasteiger partial charge on any atom is -0.367 e. The summed E-state index contributed by atoms with van der Waals surface area (Å²) in [4.78, 5) is 2.54. The van der Waals surface area contributed by atoms with E-state index in [1.807, 2.05) is 0 Å². The number of benzene rings is 1. The van der Waals surface area contributed by atoms with Crippen LogP contribution in [0.1, 0.15) is 19.4 Å². The van der Waals surface area contributed by atoms with Crippen LogP contribution in [-0.2, 0) is 6.42 Å². The molecular formula is C14H21BrN2S. The molecule has 1 aromatic carbocycles. The molecular weight excluding hydrogens is 308 g/mol. The predicted molar refractivity (Wildman–Crippen MR) is 85.6 cm³/mol. The summed E-state index contributed by atoms with van der Waals surface area (Å²) in [5, 5.41) is 0.688. The van der Waals surface area contributed by atoms with E-state index >= 15 is 0 Å². The van der Waals surface area contributed by atoms with Crippen LogP contribution in [0.3, 0.4) is 0 Å². The number of nitrogens with two attached hydrogens (primary N) is 1. The minimum atomic E-state index is 0.585. The average molecular weight is 329 g/mol. The lowest BCUT2D eigenvalue weighted by Gasteiger charge is -2.40. The number of thioether (sulfide) groups is 1. The average Bonchev–Trinajstić information content (AvgIpc) is 2.34. The topological polar surface area (TPSA) is 29.3 Å². The van der Waals surface area contributed by atoms with Crippen LogP contribution in [0.5, 0.6) is 0 Å². The maximum absolute atomic E-state index is 5.73. The van der Waals surface area contributed by atoms with Gasteiger partial charge in [0, 0.05) is 33.7 Å². The van der Waals surface area contributed by atoms with Gasteiger partial charge in [-0.2, -0.15) is 11.8 Å². The summed E-state index contributed by atoms with van der Waals surface area (Å²) in [6.45, 7) is 6.49. The zero-order valence-electron chi connectivity index (χ0n) is 11.0. The van der Waals surface area contributed by atoms with Crippen molar-refractivity contribution in [3.63, 3.8) is 0 Å². The number of halogens is 1. The second-order valence-electron chi connectivity index (χ2n) is 4.82. The van der Waals surface area contributed by atoms with E-state index in [1.165, 1.54) is 17.0 Å². The minimum absolute atomic E-state index is 0.585. The molecule has 18 heavy (non-hydrogen) atoms. The molecule has 1 aromatic rings. The van der Waals surface area contributed by atoms with Crippen molar-refractivity contribution in [1.29, 1.82) is 0 Å². The highest BCUT2D eigenvalue weighted by Crippen LogP contribution is 2.32. The van der Waals surface area contributed by atoms with Crippen LogP contribution in [0.4, 0.5) is 5.69 Å². The fourth-order valence-electron chi connectivity index (χ4n) is 2.46. The summed E-state index contributed by atoms with van der Waals surface area (Å²) >= 11 is 5.63. The Labute approximate surface area is 122 Å². The Bertz CT molecular complexity index is 411. The van der Waals surface area contributed by atoms with Crippen molar-refractivity contribution in [2.24, 2.45) is 5.73 Å². The molecule has 1 heterocycles. The second kappa shape index (κ2) is 6.31. The van der Waals surface area contributed by atoms with Gasteiger partial charge < -0.3 is 10.6 Å². The van der Waals surface area contributed by atoms with Crippen molar-refractivity contribution in [2.45, 2.75) is 31.6 Å². The Morgan fingerprint density at radius 3 is 2.94 bits per heavy atom. The molecule has 0 spiro atoms. The van der Waals surface area contributed by atoms with Crippen molar-refractivity contribution in [2.75, 3.05) is 23.7 Å². The molecule has 1 fully saturated rings. The van der Waals surface area contributed by atoms with Crippen LogP contribution in [0.2, 0.25) is 0 Å². The first kappa shape index (κ1) is 14.2. The zero-order chi connectivity index (χ0) is 13.1. The highest BCUT2D eigenvalue weighted by Gasteiger charge is 2.26. The molecule has 2 unspecified atom stereocenters. The van der Waals surface area contributed by atoms with Gasteiger partial charge >= 0.3 is 0 Å². The molecule has 100 valence electrons. The number of anilines is 1. The van der Waals surface area contributed by atoms with E-state index in [0.29, 0.717) is 17.8 Å². The van der Waals surface area contributed by atoms with Gasteiger partial charge in [0.2, 0.25) is 0 Å². The Morgan fingerprint density at radius 1 is 1.44 bits per heavy atom. The molecule has 2 rings (SSSR count). The first-order chi connectivity index (χ1) is 8.63.